The molecule has 36 heavy (non-hydrogen) atoms. The van der Waals surface area contributed by atoms with Gasteiger partial charge in [-0.3, -0.25) is 9.78 Å². The van der Waals surface area contributed by atoms with E-state index in [9.17, 15) is 18.0 Å². The number of rotatable bonds is 8. The number of aromatic nitrogens is 2. The summed E-state index contributed by atoms with van der Waals surface area (Å²) in [5.74, 6) is 0.243. The first-order valence-electron chi connectivity index (χ1n) is 13.0. The van der Waals surface area contributed by atoms with Crippen molar-refractivity contribution in [2.24, 2.45) is 10.8 Å². The lowest BCUT2D eigenvalue weighted by Gasteiger charge is -2.54. The van der Waals surface area contributed by atoms with Gasteiger partial charge in [0.05, 0.1) is 5.69 Å². The largest absolute Gasteiger partial charge is 0.460 e. The Morgan fingerprint density at radius 1 is 1.11 bits per heavy atom. The van der Waals surface area contributed by atoms with Crippen LogP contribution in [-0.4, -0.2) is 53.1 Å². The average Bonchev–Trinajstić information content (AvgIpc) is 3.15. The molecule has 0 amide bonds. The van der Waals surface area contributed by atoms with Crippen LogP contribution in [0.3, 0.4) is 0 Å². The number of hydrogen-bond acceptors (Lipinski definition) is 6. The molecular weight excluding hydrogens is 487 g/mol. The van der Waals surface area contributed by atoms with Crippen molar-refractivity contribution >= 4 is 17.1 Å². The number of halogens is 3. The molecule has 2 bridgehead atoms. The van der Waals surface area contributed by atoms with Gasteiger partial charge in [-0.2, -0.15) is 13.2 Å². The van der Waals surface area contributed by atoms with Gasteiger partial charge < -0.3 is 9.64 Å². The van der Waals surface area contributed by atoms with E-state index in [1.54, 1.807) is 6.20 Å². The van der Waals surface area contributed by atoms with E-state index >= 15 is 0 Å². The number of thiazole rings is 1. The first-order valence-corrected chi connectivity index (χ1v) is 13.8. The number of carbonyl (C=O) groups is 1. The highest BCUT2D eigenvalue weighted by Gasteiger charge is 2.49. The van der Waals surface area contributed by atoms with E-state index < -0.39 is 12.8 Å². The van der Waals surface area contributed by atoms with E-state index in [-0.39, 0.29) is 16.4 Å². The van der Waals surface area contributed by atoms with Crippen LogP contribution in [0.4, 0.5) is 13.2 Å². The van der Waals surface area contributed by atoms with Crippen LogP contribution in [-0.2, 0) is 12.8 Å². The quantitative estimate of drug-likeness (QED) is 0.388. The number of pyridine rings is 1. The van der Waals surface area contributed by atoms with Crippen molar-refractivity contribution < 1.29 is 22.7 Å². The second-order valence-electron chi connectivity index (χ2n) is 11.1. The fourth-order valence-electron chi connectivity index (χ4n) is 6.41. The zero-order chi connectivity index (χ0) is 25.4. The summed E-state index contributed by atoms with van der Waals surface area (Å²) >= 11 is 1.26. The van der Waals surface area contributed by atoms with Gasteiger partial charge >= 0.3 is 6.18 Å². The highest BCUT2D eigenvalue weighted by Crippen LogP contribution is 2.60. The second-order valence-corrected chi connectivity index (χ2v) is 12.1. The third-order valence-corrected chi connectivity index (χ3v) is 9.87. The third kappa shape index (κ3) is 5.77. The molecular formula is C27H34F3N3O2S. The Kier molecular flexibility index (Phi) is 7.15. The Morgan fingerprint density at radius 3 is 2.50 bits per heavy atom. The molecule has 4 aliphatic rings. The van der Waals surface area contributed by atoms with Crippen LogP contribution >= 0.6 is 11.3 Å². The van der Waals surface area contributed by atoms with E-state index in [1.165, 1.54) is 37.0 Å². The molecule has 2 aromatic heterocycles. The van der Waals surface area contributed by atoms with E-state index in [0.717, 1.165) is 73.6 Å². The lowest BCUT2D eigenvalue weighted by atomic mass is 9.51. The van der Waals surface area contributed by atoms with Crippen molar-refractivity contribution in [1.29, 1.82) is 0 Å². The van der Waals surface area contributed by atoms with Gasteiger partial charge in [0.2, 0.25) is 0 Å². The molecule has 0 atom stereocenters. The topological polar surface area (TPSA) is 55.3 Å². The molecule has 0 saturated heterocycles. The normalized spacial score (nSPS) is 26.4. The molecule has 5 nitrogen and oxygen atoms in total. The van der Waals surface area contributed by atoms with Gasteiger partial charge in [-0.15, -0.1) is 0 Å². The summed E-state index contributed by atoms with van der Waals surface area (Å²) in [7, 11) is 0. The first-order chi connectivity index (χ1) is 17.1. The zero-order valence-electron chi connectivity index (χ0n) is 20.8. The summed E-state index contributed by atoms with van der Waals surface area (Å²) < 4.78 is 42.2. The summed E-state index contributed by atoms with van der Waals surface area (Å²) in [5.41, 5.74) is 3.05. The maximum atomic E-state index is 13.0. The molecule has 6 rings (SSSR count). The molecule has 3 aliphatic carbocycles. The van der Waals surface area contributed by atoms with Crippen LogP contribution < -0.4 is 4.74 Å². The average molecular weight is 522 g/mol. The van der Waals surface area contributed by atoms with Crippen LogP contribution in [0.5, 0.6) is 5.19 Å². The molecule has 3 heterocycles. The molecule has 0 radical (unpaired) electrons. The molecule has 0 spiro atoms. The number of aryl methyl sites for hydroxylation is 1. The fourth-order valence-corrected chi connectivity index (χ4v) is 7.35. The molecule has 0 unspecified atom stereocenters. The molecule has 3 fully saturated rings. The van der Waals surface area contributed by atoms with Gasteiger partial charge in [0.1, 0.15) is 0 Å². The monoisotopic (exact) mass is 521 g/mol. The number of alkyl halides is 3. The van der Waals surface area contributed by atoms with Gasteiger partial charge in [-0.1, -0.05) is 11.3 Å². The van der Waals surface area contributed by atoms with Crippen molar-refractivity contribution in [1.82, 2.24) is 14.9 Å². The van der Waals surface area contributed by atoms with Crippen LogP contribution in [0, 0.1) is 17.8 Å². The van der Waals surface area contributed by atoms with Gasteiger partial charge in [0.15, 0.2) is 12.4 Å². The molecule has 1 aliphatic heterocycles. The van der Waals surface area contributed by atoms with E-state index in [0.29, 0.717) is 11.8 Å². The minimum absolute atomic E-state index is 0.134. The molecule has 3 saturated carbocycles. The number of hydrogen-bond donors (Lipinski definition) is 0. The Morgan fingerprint density at radius 2 is 1.81 bits per heavy atom. The Labute approximate surface area is 214 Å². The maximum Gasteiger partial charge on any atom is 0.422 e. The molecule has 0 N–H and O–H groups in total. The fraction of sp³-hybridized carbons (Fsp3) is 0.667. The zero-order valence-corrected chi connectivity index (χ0v) is 21.6. The lowest BCUT2D eigenvalue weighted by molar-refractivity contribution is -0.153. The smallest absolute Gasteiger partial charge is 0.422 e. The van der Waals surface area contributed by atoms with Gasteiger partial charge in [0, 0.05) is 48.3 Å². The first kappa shape index (κ1) is 25.6. The lowest BCUT2D eigenvalue weighted by Crippen LogP contribution is -2.44. The van der Waals surface area contributed by atoms with Crippen molar-refractivity contribution in [2.45, 2.75) is 77.3 Å². The minimum Gasteiger partial charge on any atom is -0.460 e. The summed E-state index contributed by atoms with van der Waals surface area (Å²) in [6, 6.07) is 3.76. The highest BCUT2D eigenvalue weighted by molar-refractivity contribution is 7.13. The Hall–Kier alpha value is -2.00. The number of ether oxygens (including phenoxy) is 1. The summed E-state index contributed by atoms with van der Waals surface area (Å²) in [6.45, 7) is 3.47. The summed E-state index contributed by atoms with van der Waals surface area (Å²) in [4.78, 5) is 25.2. The third-order valence-electron chi connectivity index (χ3n) is 8.80. The SMILES string of the molecule is Cc1ncccc1C(=O)CC12CCC(CCN3CCc4nc(OCC(F)(F)F)sc4CC3)(CC1)CC2. The van der Waals surface area contributed by atoms with E-state index in [1.807, 2.05) is 19.1 Å². The predicted octanol–water partition coefficient (Wildman–Crippen LogP) is 6.19. The number of ketones is 1. The van der Waals surface area contributed by atoms with Crippen molar-refractivity contribution in [3.05, 3.63) is 40.2 Å². The van der Waals surface area contributed by atoms with Gasteiger partial charge in [-0.25, -0.2) is 4.98 Å². The minimum atomic E-state index is -4.34. The van der Waals surface area contributed by atoms with Gasteiger partial charge in [-0.05, 0) is 87.8 Å². The highest BCUT2D eigenvalue weighted by atomic mass is 32.1. The van der Waals surface area contributed by atoms with Crippen LogP contribution in [0.15, 0.2) is 18.3 Å². The van der Waals surface area contributed by atoms with E-state index in [2.05, 4.69) is 14.9 Å². The number of nitrogens with zero attached hydrogens (tertiary/aromatic N) is 3. The maximum absolute atomic E-state index is 13.0. The van der Waals surface area contributed by atoms with Crippen LogP contribution in [0.2, 0.25) is 0 Å². The van der Waals surface area contributed by atoms with Gasteiger partial charge in [0.25, 0.3) is 5.19 Å². The van der Waals surface area contributed by atoms with Crippen molar-refractivity contribution in [3.63, 3.8) is 0 Å². The van der Waals surface area contributed by atoms with Crippen LogP contribution in [0.25, 0.3) is 0 Å². The van der Waals surface area contributed by atoms with E-state index in [4.69, 9.17) is 4.74 Å². The number of fused-ring (bicyclic) bond motifs is 4. The summed E-state index contributed by atoms with van der Waals surface area (Å²) in [6.07, 6.45) is 7.82. The number of Topliss-reactive ketones (excluding diaryl/α,β-unsaturated/α-hetero) is 1. The number of carbonyl (C=O) groups excluding carboxylic acids is 1. The standard InChI is InChI=1S/C27H34F3N3O2S/c1-19-20(3-2-13-31-19)22(34)17-26-9-6-25(7-10-26,8-11-26)12-16-33-14-4-21-23(5-15-33)36-24(32-21)35-18-27(28,29)30/h2-3,13H,4-12,14-18H2,1H3. The molecule has 0 aromatic carbocycles. The Balaban J connectivity index is 1.10. The predicted molar refractivity (Wildman–Crippen MR) is 133 cm³/mol. The molecule has 2 aromatic rings. The Bertz CT molecular complexity index is 1050. The molecule has 9 heteroatoms. The second kappa shape index (κ2) is 10.0. The van der Waals surface area contributed by atoms with Crippen LogP contribution in [0.1, 0.15) is 78.0 Å². The molecule has 196 valence electrons. The summed E-state index contributed by atoms with van der Waals surface area (Å²) in [5, 5.41) is 0.134. The van der Waals surface area contributed by atoms with Crippen molar-refractivity contribution in [3.8, 4) is 5.19 Å². The van der Waals surface area contributed by atoms with Crippen molar-refractivity contribution in [2.75, 3.05) is 26.2 Å².